The van der Waals surface area contributed by atoms with E-state index in [4.69, 9.17) is 0 Å². The molecule has 124 valence electrons. The Morgan fingerprint density at radius 2 is 1.90 bits per heavy atom. The highest BCUT2D eigenvalue weighted by Gasteiger charge is 2.38. The highest BCUT2D eigenvalue weighted by molar-refractivity contribution is 5.81. The van der Waals surface area contributed by atoms with Gasteiger partial charge in [0.1, 0.15) is 0 Å². The van der Waals surface area contributed by atoms with Crippen LogP contribution in [0.2, 0.25) is 0 Å². The predicted molar refractivity (Wildman–Crippen MR) is 76.0 cm³/mol. The fraction of sp³-hybridized carbons (Fsp3) is 0.929. The molecule has 1 aliphatic rings. The molecule has 2 N–H and O–H groups in total. The van der Waals surface area contributed by atoms with Gasteiger partial charge in [0.25, 0.3) is 0 Å². The van der Waals surface area contributed by atoms with Crippen LogP contribution in [0.1, 0.15) is 40.0 Å². The summed E-state index contributed by atoms with van der Waals surface area (Å²) in [6.45, 7) is 5.69. The van der Waals surface area contributed by atoms with Gasteiger partial charge < -0.3 is 10.6 Å². The Morgan fingerprint density at radius 3 is 2.38 bits per heavy atom. The van der Waals surface area contributed by atoms with E-state index in [9.17, 15) is 18.0 Å². The van der Waals surface area contributed by atoms with Gasteiger partial charge in [0.15, 0.2) is 0 Å². The first kappa shape index (κ1) is 18.2. The van der Waals surface area contributed by atoms with E-state index in [-0.39, 0.29) is 18.0 Å². The van der Waals surface area contributed by atoms with Crippen LogP contribution in [0.15, 0.2) is 0 Å². The van der Waals surface area contributed by atoms with Crippen LogP contribution in [0.4, 0.5) is 13.2 Å². The molecule has 2 unspecified atom stereocenters. The molecule has 1 aliphatic heterocycles. The van der Waals surface area contributed by atoms with E-state index in [2.05, 4.69) is 10.6 Å². The molecule has 0 radical (unpaired) electrons. The second-order valence-electron chi connectivity index (χ2n) is 5.76. The maximum absolute atomic E-state index is 12.8. The van der Waals surface area contributed by atoms with Crippen LogP contribution < -0.4 is 10.6 Å². The van der Waals surface area contributed by atoms with Crippen molar-refractivity contribution >= 4 is 5.91 Å². The number of halogens is 3. The van der Waals surface area contributed by atoms with E-state index in [1.807, 2.05) is 13.8 Å². The second kappa shape index (κ2) is 7.98. The lowest BCUT2D eigenvalue weighted by atomic mass is 10.0. The third kappa shape index (κ3) is 6.22. The van der Waals surface area contributed by atoms with Gasteiger partial charge in [-0.05, 0) is 46.2 Å². The molecule has 0 bridgehead atoms. The summed E-state index contributed by atoms with van der Waals surface area (Å²) in [7, 11) is 0. The van der Waals surface area contributed by atoms with E-state index in [1.165, 1.54) is 4.90 Å². The van der Waals surface area contributed by atoms with Crippen molar-refractivity contribution in [3.8, 4) is 0 Å². The Bertz CT molecular complexity index is 330. The number of piperidine rings is 1. The number of carbonyl (C=O) groups is 1. The molecule has 0 saturated carbocycles. The summed E-state index contributed by atoms with van der Waals surface area (Å²) in [6, 6.07) is -1.00. The summed E-state index contributed by atoms with van der Waals surface area (Å²) >= 11 is 0. The lowest BCUT2D eigenvalue weighted by molar-refractivity contribution is -0.161. The summed E-state index contributed by atoms with van der Waals surface area (Å²) in [5.74, 6) is -0.327. The third-order valence-electron chi connectivity index (χ3n) is 4.02. The molecular weight excluding hydrogens is 283 g/mol. The minimum absolute atomic E-state index is 0.0271. The number of amides is 1. The Kier molecular flexibility index (Phi) is 6.93. The monoisotopic (exact) mass is 309 g/mol. The Morgan fingerprint density at radius 1 is 1.33 bits per heavy atom. The maximum Gasteiger partial charge on any atom is 0.401 e. The second-order valence-corrected chi connectivity index (χ2v) is 5.76. The van der Waals surface area contributed by atoms with Gasteiger partial charge in [0, 0.05) is 12.1 Å². The van der Waals surface area contributed by atoms with Crippen molar-refractivity contribution in [3.05, 3.63) is 0 Å². The van der Waals surface area contributed by atoms with Crippen molar-refractivity contribution in [2.24, 2.45) is 0 Å². The summed E-state index contributed by atoms with van der Waals surface area (Å²) in [6.07, 6.45) is -2.27. The van der Waals surface area contributed by atoms with Crippen molar-refractivity contribution in [2.75, 3.05) is 19.6 Å². The maximum atomic E-state index is 12.8. The number of carbonyl (C=O) groups excluding carboxylic acids is 1. The van der Waals surface area contributed by atoms with E-state index < -0.39 is 18.8 Å². The first-order chi connectivity index (χ1) is 9.74. The van der Waals surface area contributed by atoms with E-state index in [0.717, 1.165) is 6.42 Å². The van der Waals surface area contributed by atoms with Crippen LogP contribution in [0, 0.1) is 0 Å². The SMILES string of the molecule is CCC(C)NC(=O)C(C)N(CC(F)(F)F)C1CCNCC1. The smallest absolute Gasteiger partial charge is 0.352 e. The topological polar surface area (TPSA) is 44.4 Å². The number of nitrogens with zero attached hydrogens (tertiary/aromatic N) is 1. The van der Waals surface area contributed by atoms with E-state index in [1.54, 1.807) is 6.92 Å². The number of hydrogen-bond donors (Lipinski definition) is 2. The number of nitrogens with one attached hydrogen (secondary N) is 2. The fourth-order valence-electron chi connectivity index (χ4n) is 2.54. The Labute approximate surface area is 124 Å². The van der Waals surface area contributed by atoms with Gasteiger partial charge >= 0.3 is 6.18 Å². The fourth-order valence-corrected chi connectivity index (χ4v) is 2.54. The number of alkyl halides is 3. The van der Waals surface area contributed by atoms with Crippen LogP contribution in [0.3, 0.4) is 0 Å². The molecule has 0 aromatic heterocycles. The van der Waals surface area contributed by atoms with Crippen LogP contribution in [-0.2, 0) is 4.79 Å². The van der Waals surface area contributed by atoms with Gasteiger partial charge in [0.2, 0.25) is 5.91 Å². The Balaban J connectivity index is 2.76. The molecule has 21 heavy (non-hydrogen) atoms. The van der Waals surface area contributed by atoms with Gasteiger partial charge in [-0.3, -0.25) is 9.69 Å². The quantitative estimate of drug-likeness (QED) is 0.788. The van der Waals surface area contributed by atoms with Crippen LogP contribution in [0.25, 0.3) is 0 Å². The van der Waals surface area contributed by atoms with Gasteiger partial charge in [-0.25, -0.2) is 0 Å². The van der Waals surface area contributed by atoms with Crippen molar-refractivity contribution in [1.82, 2.24) is 15.5 Å². The molecule has 1 fully saturated rings. The van der Waals surface area contributed by atoms with Crippen molar-refractivity contribution in [3.63, 3.8) is 0 Å². The molecule has 1 heterocycles. The molecule has 0 aromatic carbocycles. The third-order valence-corrected chi connectivity index (χ3v) is 4.02. The molecule has 2 atom stereocenters. The highest BCUT2D eigenvalue weighted by atomic mass is 19.4. The molecule has 7 heteroatoms. The molecule has 4 nitrogen and oxygen atoms in total. The van der Waals surface area contributed by atoms with Gasteiger partial charge in [0.05, 0.1) is 12.6 Å². The number of hydrogen-bond acceptors (Lipinski definition) is 3. The minimum Gasteiger partial charge on any atom is -0.352 e. The van der Waals surface area contributed by atoms with Gasteiger partial charge in [-0.2, -0.15) is 13.2 Å². The van der Waals surface area contributed by atoms with Crippen molar-refractivity contribution in [2.45, 2.75) is 64.3 Å². The summed E-state index contributed by atoms with van der Waals surface area (Å²) in [5.41, 5.74) is 0. The molecular formula is C14H26F3N3O. The average molecular weight is 309 g/mol. The zero-order valence-electron chi connectivity index (χ0n) is 13.0. The standard InChI is InChI=1S/C14H26F3N3O/c1-4-10(2)19-13(21)11(3)20(9-14(15,16)17)12-5-7-18-8-6-12/h10-12,18H,4-9H2,1-3H3,(H,19,21). The van der Waals surface area contributed by atoms with Gasteiger partial charge in [-0.15, -0.1) is 0 Å². The molecule has 1 saturated heterocycles. The number of rotatable bonds is 6. The van der Waals surface area contributed by atoms with Crippen molar-refractivity contribution in [1.29, 1.82) is 0 Å². The predicted octanol–water partition coefficient (Wildman–Crippen LogP) is 1.91. The lowest BCUT2D eigenvalue weighted by Gasteiger charge is -2.38. The van der Waals surface area contributed by atoms with E-state index in [0.29, 0.717) is 25.9 Å². The lowest BCUT2D eigenvalue weighted by Crippen LogP contribution is -2.56. The zero-order chi connectivity index (χ0) is 16.0. The van der Waals surface area contributed by atoms with Crippen LogP contribution in [-0.4, -0.2) is 54.7 Å². The molecule has 0 aliphatic carbocycles. The average Bonchev–Trinajstić information content (AvgIpc) is 2.43. The summed E-state index contributed by atoms with van der Waals surface area (Å²) in [5, 5.41) is 5.90. The highest BCUT2D eigenvalue weighted by Crippen LogP contribution is 2.23. The molecule has 1 rings (SSSR count). The minimum atomic E-state index is -4.30. The van der Waals surface area contributed by atoms with Crippen LogP contribution >= 0.6 is 0 Å². The van der Waals surface area contributed by atoms with Crippen LogP contribution in [0.5, 0.6) is 0 Å². The summed E-state index contributed by atoms with van der Waals surface area (Å²) in [4.78, 5) is 13.5. The summed E-state index contributed by atoms with van der Waals surface area (Å²) < 4.78 is 38.5. The first-order valence-electron chi connectivity index (χ1n) is 7.58. The van der Waals surface area contributed by atoms with E-state index >= 15 is 0 Å². The zero-order valence-corrected chi connectivity index (χ0v) is 13.0. The molecule has 0 aromatic rings. The van der Waals surface area contributed by atoms with Crippen molar-refractivity contribution < 1.29 is 18.0 Å². The molecule has 0 spiro atoms. The largest absolute Gasteiger partial charge is 0.401 e. The molecule has 1 amide bonds. The normalized spacial score (nSPS) is 20.3. The Hall–Kier alpha value is -0.820. The van der Waals surface area contributed by atoms with Gasteiger partial charge in [-0.1, -0.05) is 6.92 Å². The first-order valence-corrected chi connectivity index (χ1v) is 7.58.